The van der Waals surface area contributed by atoms with Crippen LogP contribution in [0.3, 0.4) is 0 Å². The number of fused-ring (bicyclic) bond motifs is 1. The average molecular weight is 430 g/mol. The van der Waals surface area contributed by atoms with E-state index in [0.29, 0.717) is 11.3 Å². The summed E-state index contributed by atoms with van der Waals surface area (Å²) in [7, 11) is 1.23. The van der Waals surface area contributed by atoms with Crippen LogP contribution in [0.2, 0.25) is 0 Å². The van der Waals surface area contributed by atoms with Crippen molar-refractivity contribution in [2.24, 2.45) is 0 Å². The molecular formula is C24H18N2O6. The van der Waals surface area contributed by atoms with Gasteiger partial charge in [0.05, 0.1) is 13.7 Å². The molecule has 4 rings (SSSR count). The fourth-order valence-electron chi connectivity index (χ4n) is 3.36. The highest BCUT2D eigenvalue weighted by molar-refractivity contribution is 6.14. The summed E-state index contributed by atoms with van der Waals surface area (Å²) >= 11 is 0. The van der Waals surface area contributed by atoms with E-state index in [2.05, 4.69) is 16.0 Å². The molecule has 160 valence electrons. The third kappa shape index (κ3) is 3.91. The predicted octanol–water partition coefficient (Wildman–Crippen LogP) is 3.32. The summed E-state index contributed by atoms with van der Waals surface area (Å²) in [6, 6.07) is 13.6. The maximum atomic E-state index is 13.0. The van der Waals surface area contributed by atoms with Gasteiger partial charge in [-0.3, -0.25) is 9.69 Å². The number of amides is 3. The summed E-state index contributed by atoms with van der Waals surface area (Å²) in [4.78, 5) is 38.0. The van der Waals surface area contributed by atoms with Crippen LogP contribution >= 0.6 is 0 Å². The van der Waals surface area contributed by atoms with Gasteiger partial charge in [0.2, 0.25) is 5.76 Å². The first-order valence-electron chi connectivity index (χ1n) is 9.61. The quantitative estimate of drug-likeness (QED) is 0.279. The van der Waals surface area contributed by atoms with Gasteiger partial charge in [0.15, 0.2) is 0 Å². The average Bonchev–Trinajstić information content (AvgIpc) is 3.38. The Bertz CT molecular complexity index is 1300. The number of hydrogen-bond donors (Lipinski definition) is 1. The number of carbonyl (C=O) groups is 3. The standard InChI is InChI=1S/C24H18N2O6/c1-3-12-31-20-10-8-15-6-4-5-7-17(15)18(20)13-19-22(27)26(24(29)25-19)14-16-9-11-21(32-16)23(28)30-2/h1,4-11,13H,12,14H2,2H3,(H,25,29)/b19-13-. The molecule has 0 aliphatic carbocycles. The first-order valence-corrected chi connectivity index (χ1v) is 9.61. The lowest BCUT2D eigenvalue weighted by atomic mass is 10.0. The van der Waals surface area contributed by atoms with Crippen molar-refractivity contribution in [3.63, 3.8) is 0 Å². The number of furan rings is 1. The molecular weight excluding hydrogens is 412 g/mol. The van der Waals surface area contributed by atoms with Crippen molar-refractivity contribution in [3.05, 3.63) is 71.3 Å². The van der Waals surface area contributed by atoms with Gasteiger partial charge in [-0.05, 0) is 35.0 Å². The van der Waals surface area contributed by atoms with Crippen LogP contribution in [-0.2, 0) is 16.1 Å². The van der Waals surface area contributed by atoms with Crippen molar-refractivity contribution in [3.8, 4) is 18.1 Å². The lowest BCUT2D eigenvalue weighted by molar-refractivity contribution is -0.123. The summed E-state index contributed by atoms with van der Waals surface area (Å²) in [5.41, 5.74) is 0.700. The molecule has 1 aliphatic heterocycles. The van der Waals surface area contributed by atoms with Crippen molar-refractivity contribution in [2.75, 3.05) is 13.7 Å². The minimum Gasteiger partial charge on any atom is -0.480 e. The largest absolute Gasteiger partial charge is 0.480 e. The van der Waals surface area contributed by atoms with Crippen LogP contribution in [0.1, 0.15) is 21.9 Å². The number of ether oxygens (including phenoxy) is 2. The topological polar surface area (TPSA) is 98.1 Å². The zero-order valence-corrected chi connectivity index (χ0v) is 17.1. The summed E-state index contributed by atoms with van der Waals surface area (Å²) < 4.78 is 15.6. The number of methoxy groups -OCH3 is 1. The van der Waals surface area contributed by atoms with E-state index in [1.165, 1.54) is 19.2 Å². The Morgan fingerprint density at radius 2 is 2.00 bits per heavy atom. The Morgan fingerprint density at radius 1 is 1.19 bits per heavy atom. The molecule has 2 aromatic carbocycles. The SMILES string of the molecule is C#CCOc1ccc2ccccc2c1/C=C1\NC(=O)N(Cc2ccc(C(=O)OC)o2)C1=O. The van der Waals surface area contributed by atoms with Crippen LogP contribution in [0.4, 0.5) is 4.79 Å². The molecule has 8 heteroatoms. The van der Waals surface area contributed by atoms with Gasteiger partial charge in [0.25, 0.3) is 5.91 Å². The minimum atomic E-state index is -0.649. The molecule has 0 saturated carbocycles. The number of urea groups is 1. The predicted molar refractivity (Wildman–Crippen MR) is 115 cm³/mol. The molecule has 3 aromatic rings. The first kappa shape index (κ1) is 20.8. The molecule has 0 bridgehead atoms. The molecule has 2 heterocycles. The summed E-state index contributed by atoms with van der Waals surface area (Å²) in [6.07, 6.45) is 6.88. The van der Waals surface area contributed by atoms with Crippen molar-refractivity contribution in [2.45, 2.75) is 6.54 Å². The number of hydrogen-bond acceptors (Lipinski definition) is 6. The summed E-state index contributed by atoms with van der Waals surface area (Å²) in [6.45, 7) is -0.0864. The van der Waals surface area contributed by atoms with E-state index in [1.807, 2.05) is 30.3 Å². The van der Waals surface area contributed by atoms with E-state index >= 15 is 0 Å². The van der Waals surface area contributed by atoms with Gasteiger partial charge in [0.1, 0.15) is 23.8 Å². The molecule has 1 aliphatic rings. The monoisotopic (exact) mass is 430 g/mol. The van der Waals surface area contributed by atoms with E-state index in [9.17, 15) is 14.4 Å². The number of nitrogens with zero attached hydrogens (tertiary/aromatic N) is 1. The number of nitrogens with one attached hydrogen (secondary N) is 1. The Kier molecular flexibility index (Phi) is 5.64. The molecule has 3 amide bonds. The number of rotatable bonds is 6. The third-order valence-electron chi connectivity index (χ3n) is 4.85. The first-order chi connectivity index (χ1) is 15.5. The third-order valence-corrected chi connectivity index (χ3v) is 4.85. The van der Waals surface area contributed by atoms with Gasteiger partial charge in [0, 0.05) is 5.56 Å². The Balaban J connectivity index is 1.66. The van der Waals surface area contributed by atoms with Gasteiger partial charge in [-0.1, -0.05) is 36.3 Å². The Hall–Kier alpha value is -4.51. The molecule has 1 fully saturated rings. The van der Waals surface area contributed by atoms with Gasteiger partial charge < -0.3 is 19.2 Å². The molecule has 0 unspecified atom stereocenters. The van der Waals surface area contributed by atoms with Crippen LogP contribution in [-0.4, -0.2) is 36.5 Å². The van der Waals surface area contributed by atoms with Crippen LogP contribution in [0.5, 0.6) is 5.75 Å². The fraction of sp³-hybridized carbons (Fsp3) is 0.125. The molecule has 1 N–H and O–H groups in total. The maximum Gasteiger partial charge on any atom is 0.373 e. The van der Waals surface area contributed by atoms with E-state index in [0.717, 1.165) is 15.7 Å². The van der Waals surface area contributed by atoms with Crippen molar-refractivity contribution in [1.29, 1.82) is 0 Å². The lowest BCUT2D eigenvalue weighted by Crippen LogP contribution is -2.30. The summed E-state index contributed by atoms with van der Waals surface area (Å²) in [5.74, 6) is 1.96. The normalized spacial score (nSPS) is 14.5. The van der Waals surface area contributed by atoms with E-state index < -0.39 is 17.9 Å². The number of benzene rings is 2. The van der Waals surface area contributed by atoms with Crippen LogP contribution in [0, 0.1) is 12.3 Å². The summed E-state index contributed by atoms with van der Waals surface area (Å²) in [5, 5.41) is 4.35. The van der Waals surface area contributed by atoms with E-state index in [1.54, 1.807) is 12.1 Å². The van der Waals surface area contributed by atoms with Gasteiger partial charge >= 0.3 is 12.0 Å². The maximum absolute atomic E-state index is 13.0. The minimum absolute atomic E-state index is 0.0172. The molecule has 8 nitrogen and oxygen atoms in total. The van der Waals surface area contributed by atoms with Gasteiger partial charge in [-0.25, -0.2) is 9.59 Å². The van der Waals surface area contributed by atoms with E-state index in [-0.39, 0.29) is 30.4 Å². The van der Waals surface area contributed by atoms with Crippen molar-refractivity contribution < 1.29 is 28.3 Å². The molecule has 0 radical (unpaired) electrons. The second-order valence-electron chi connectivity index (χ2n) is 6.83. The van der Waals surface area contributed by atoms with Crippen molar-refractivity contribution in [1.82, 2.24) is 10.2 Å². The van der Waals surface area contributed by atoms with Crippen molar-refractivity contribution >= 4 is 34.8 Å². The molecule has 1 saturated heterocycles. The molecule has 0 spiro atoms. The zero-order chi connectivity index (χ0) is 22.7. The van der Waals surface area contributed by atoms with Gasteiger partial charge in [-0.2, -0.15) is 0 Å². The highest BCUT2D eigenvalue weighted by atomic mass is 16.5. The number of carbonyl (C=O) groups excluding carboxylic acids is 3. The Morgan fingerprint density at radius 3 is 2.78 bits per heavy atom. The van der Waals surface area contributed by atoms with Gasteiger partial charge in [-0.15, -0.1) is 6.42 Å². The number of terminal acetylenes is 1. The second-order valence-corrected chi connectivity index (χ2v) is 6.83. The zero-order valence-electron chi connectivity index (χ0n) is 17.1. The smallest absolute Gasteiger partial charge is 0.373 e. The van der Waals surface area contributed by atoms with Crippen LogP contribution in [0.15, 0.2) is 58.6 Å². The highest BCUT2D eigenvalue weighted by Gasteiger charge is 2.34. The second kappa shape index (κ2) is 8.70. The van der Waals surface area contributed by atoms with Crippen LogP contribution < -0.4 is 10.1 Å². The number of esters is 1. The fourth-order valence-corrected chi connectivity index (χ4v) is 3.36. The number of imide groups is 1. The van der Waals surface area contributed by atoms with Crippen LogP contribution in [0.25, 0.3) is 16.8 Å². The van der Waals surface area contributed by atoms with E-state index in [4.69, 9.17) is 15.6 Å². The lowest BCUT2D eigenvalue weighted by Gasteiger charge is -2.11. The molecule has 0 atom stereocenters. The Labute approximate surface area is 183 Å². The molecule has 32 heavy (non-hydrogen) atoms. The molecule has 1 aromatic heterocycles. The highest BCUT2D eigenvalue weighted by Crippen LogP contribution is 2.31.